The van der Waals surface area contributed by atoms with Crippen molar-refractivity contribution in [3.05, 3.63) is 34.9 Å². The predicted octanol–water partition coefficient (Wildman–Crippen LogP) is 3.00. The molecule has 0 bridgehead atoms. The van der Waals surface area contributed by atoms with Crippen LogP contribution in [0.1, 0.15) is 42.4 Å². The molecule has 1 heterocycles. The molecule has 0 atom stereocenters. The van der Waals surface area contributed by atoms with Crippen LogP contribution >= 0.6 is 0 Å². The van der Waals surface area contributed by atoms with Crippen LogP contribution in [0.3, 0.4) is 0 Å². The molecule has 1 aliphatic heterocycles. The maximum atomic E-state index is 3.28. The molecule has 1 fully saturated rings. The van der Waals surface area contributed by atoms with Gasteiger partial charge in [-0.1, -0.05) is 18.2 Å². The number of nitrogens with zero attached hydrogens (tertiary/aromatic N) is 1. The summed E-state index contributed by atoms with van der Waals surface area (Å²) in [6, 6.07) is 7.20. The first-order valence-corrected chi connectivity index (χ1v) is 8.33. The SMILES string of the molecule is CNCCC1CCN(Cc2ccc3c(c2)CCC3)CC1. The lowest BCUT2D eigenvalue weighted by Gasteiger charge is -2.32. The Morgan fingerprint density at radius 2 is 1.95 bits per heavy atom. The lowest BCUT2D eigenvalue weighted by atomic mass is 9.93. The van der Waals surface area contributed by atoms with Gasteiger partial charge in [-0.3, -0.25) is 4.90 Å². The van der Waals surface area contributed by atoms with E-state index in [1.807, 2.05) is 0 Å². The van der Waals surface area contributed by atoms with Gasteiger partial charge in [0.1, 0.15) is 0 Å². The average Bonchev–Trinajstić information content (AvgIpc) is 2.94. The highest BCUT2D eigenvalue weighted by molar-refractivity contribution is 5.35. The number of benzene rings is 1. The van der Waals surface area contributed by atoms with Crippen molar-refractivity contribution < 1.29 is 0 Å². The van der Waals surface area contributed by atoms with E-state index in [1.54, 1.807) is 11.1 Å². The van der Waals surface area contributed by atoms with E-state index < -0.39 is 0 Å². The molecule has 20 heavy (non-hydrogen) atoms. The summed E-state index contributed by atoms with van der Waals surface area (Å²) in [5.74, 6) is 0.943. The second-order valence-corrected chi connectivity index (χ2v) is 6.57. The van der Waals surface area contributed by atoms with Gasteiger partial charge in [0.05, 0.1) is 0 Å². The van der Waals surface area contributed by atoms with Crippen LogP contribution in [0.2, 0.25) is 0 Å². The molecule has 0 unspecified atom stereocenters. The molecule has 2 nitrogen and oxygen atoms in total. The number of rotatable bonds is 5. The molecule has 0 spiro atoms. The minimum atomic E-state index is 0.943. The van der Waals surface area contributed by atoms with Crippen molar-refractivity contribution in [1.82, 2.24) is 10.2 Å². The van der Waals surface area contributed by atoms with Crippen LogP contribution < -0.4 is 5.32 Å². The van der Waals surface area contributed by atoms with Crippen LogP contribution in [-0.2, 0) is 19.4 Å². The molecule has 0 aromatic heterocycles. The third kappa shape index (κ3) is 3.42. The third-order valence-electron chi connectivity index (χ3n) is 5.08. The van der Waals surface area contributed by atoms with Crippen LogP contribution in [0.5, 0.6) is 0 Å². The number of aryl methyl sites for hydroxylation is 2. The van der Waals surface area contributed by atoms with Crippen molar-refractivity contribution in [2.75, 3.05) is 26.7 Å². The fraction of sp³-hybridized carbons (Fsp3) is 0.667. The largest absolute Gasteiger partial charge is 0.320 e. The molecule has 1 saturated heterocycles. The van der Waals surface area contributed by atoms with Gasteiger partial charge in [0, 0.05) is 6.54 Å². The molecule has 110 valence electrons. The third-order valence-corrected chi connectivity index (χ3v) is 5.08. The summed E-state index contributed by atoms with van der Waals surface area (Å²) >= 11 is 0. The highest BCUT2D eigenvalue weighted by Gasteiger charge is 2.19. The maximum absolute atomic E-state index is 3.28. The lowest BCUT2D eigenvalue weighted by molar-refractivity contribution is 0.172. The highest BCUT2D eigenvalue weighted by atomic mass is 15.1. The Balaban J connectivity index is 1.50. The minimum Gasteiger partial charge on any atom is -0.320 e. The van der Waals surface area contributed by atoms with Crippen molar-refractivity contribution in [2.45, 2.75) is 45.1 Å². The van der Waals surface area contributed by atoms with Crippen LogP contribution in [0.4, 0.5) is 0 Å². The van der Waals surface area contributed by atoms with Crippen molar-refractivity contribution >= 4 is 0 Å². The summed E-state index contributed by atoms with van der Waals surface area (Å²) in [5, 5.41) is 3.28. The second kappa shape index (κ2) is 6.73. The number of fused-ring (bicyclic) bond motifs is 1. The van der Waals surface area contributed by atoms with Gasteiger partial charge < -0.3 is 5.32 Å². The molecule has 1 N–H and O–H groups in total. The molecule has 0 amide bonds. The van der Waals surface area contributed by atoms with Crippen molar-refractivity contribution in [2.24, 2.45) is 5.92 Å². The van der Waals surface area contributed by atoms with Crippen molar-refractivity contribution in [3.8, 4) is 0 Å². The minimum absolute atomic E-state index is 0.943. The van der Waals surface area contributed by atoms with Gasteiger partial charge in [-0.05, 0) is 87.8 Å². The zero-order chi connectivity index (χ0) is 13.8. The Morgan fingerprint density at radius 1 is 1.15 bits per heavy atom. The number of nitrogens with one attached hydrogen (secondary N) is 1. The Kier molecular flexibility index (Phi) is 4.74. The Bertz CT molecular complexity index is 433. The summed E-state index contributed by atoms with van der Waals surface area (Å²) < 4.78 is 0. The molecule has 0 saturated carbocycles. The Morgan fingerprint density at radius 3 is 2.75 bits per heavy atom. The zero-order valence-corrected chi connectivity index (χ0v) is 12.8. The van der Waals surface area contributed by atoms with Gasteiger partial charge in [-0.2, -0.15) is 0 Å². The molecule has 1 aromatic carbocycles. The summed E-state index contributed by atoms with van der Waals surface area (Å²) in [4.78, 5) is 2.65. The van der Waals surface area contributed by atoms with Gasteiger partial charge in [0.25, 0.3) is 0 Å². The maximum Gasteiger partial charge on any atom is 0.0233 e. The normalized spacial score (nSPS) is 20.2. The smallest absolute Gasteiger partial charge is 0.0233 e. The van der Waals surface area contributed by atoms with E-state index in [-0.39, 0.29) is 0 Å². The van der Waals surface area contributed by atoms with Gasteiger partial charge in [-0.15, -0.1) is 0 Å². The Labute approximate surface area is 123 Å². The van der Waals surface area contributed by atoms with Crippen LogP contribution in [0.15, 0.2) is 18.2 Å². The van der Waals surface area contributed by atoms with Crippen molar-refractivity contribution in [3.63, 3.8) is 0 Å². The summed E-state index contributed by atoms with van der Waals surface area (Å²) in [7, 11) is 2.06. The molecule has 0 radical (unpaired) electrons. The fourth-order valence-corrected chi connectivity index (χ4v) is 3.76. The van der Waals surface area contributed by atoms with Gasteiger partial charge in [0.2, 0.25) is 0 Å². The molecule has 1 aliphatic carbocycles. The van der Waals surface area contributed by atoms with E-state index in [0.717, 1.165) is 12.5 Å². The monoisotopic (exact) mass is 272 g/mol. The first kappa shape index (κ1) is 14.1. The predicted molar refractivity (Wildman–Crippen MR) is 85.0 cm³/mol. The van der Waals surface area contributed by atoms with Crippen LogP contribution in [0.25, 0.3) is 0 Å². The highest BCUT2D eigenvalue weighted by Crippen LogP contribution is 2.25. The first-order valence-electron chi connectivity index (χ1n) is 8.33. The number of hydrogen-bond donors (Lipinski definition) is 1. The first-order chi connectivity index (χ1) is 9.85. The lowest BCUT2D eigenvalue weighted by Crippen LogP contribution is -2.34. The fourth-order valence-electron chi connectivity index (χ4n) is 3.76. The van der Waals surface area contributed by atoms with E-state index in [9.17, 15) is 0 Å². The zero-order valence-electron chi connectivity index (χ0n) is 12.8. The number of hydrogen-bond acceptors (Lipinski definition) is 2. The van der Waals surface area contributed by atoms with Crippen molar-refractivity contribution in [1.29, 1.82) is 0 Å². The standard InChI is InChI=1S/C18H28N2/c1-19-10-7-15-8-11-20(12-9-15)14-16-5-6-17-3-2-4-18(17)13-16/h5-6,13,15,19H,2-4,7-12,14H2,1H3. The van der Waals surface area contributed by atoms with Crippen LogP contribution in [0, 0.1) is 5.92 Å². The summed E-state index contributed by atoms with van der Waals surface area (Å²) in [6.45, 7) is 4.90. The van der Waals surface area contributed by atoms with Gasteiger partial charge in [-0.25, -0.2) is 0 Å². The second-order valence-electron chi connectivity index (χ2n) is 6.57. The molecular weight excluding hydrogens is 244 g/mol. The van der Waals surface area contributed by atoms with E-state index in [0.29, 0.717) is 0 Å². The molecular formula is C18H28N2. The molecule has 2 heteroatoms. The Hall–Kier alpha value is -0.860. The summed E-state index contributed by atoms with van der Waals surface area (Å²) in [6.07, 6.45) is 8.07. The topological polar surface area (TPSA) is 15.3 Å². The summed E-state index contributed by atoms with van der Waals surface area (Å²) in [5.41, 5.74) is 4.74. The van der Waals surface area contributed by atoms with E-state index >= 15 is 0 Å². The number of piperidine rings is 1. The molecule has 1 aromatic rings. The van der Waals surface area contributed by atoms with E-state index in [4.69, 9.17) is 0 Å². The number of likely N-dealkylation sites (tertiary alicyclic amines) is 1. The van der Waals surface area contributed by atoms with Crippen LogP contribution in [-0.4, -0.2) is 31.6 Å². The van der Waals surface area contributed by atoms with Gasteiger partial charge in [0.15, 0.2) is 0 Å². The average molecular weight is 272 g/mol. The van der Waals surface area contributed by atoms with E-state index in [1.165, 1.54) is 63.7 Å². The molecule has 2 aliphatic rings. The van der Waals surface area contributed by atoms with E-state index in [2.05, 4.69) is 35.5 Å². The molecule has 3 rings (SSSR count). The quantitative estimate of drug-likeness (QED) is 0.886. The van der Waals surface area contributed by atoms with Gasteiger partial charge >= 0.3 is 0 Å².